The van der Waals surface area contributed by atoms with Crippen LogP contribution in [0.3, 0.4) is 0 Å². The fraction of sp³-hybridized carbons (Fsp3) is 0.385. The molecule has 0 saturated carbocycles. The van der Waals surface area contributed by atoms with Gasteiger partial charge in [-0.2, -0.15) is 0 Å². The fourth-order valence-corrected chi connectivity index (χ4v) is 1.63. The molecule has 0 aliphatic rings. The van der Waals surface area contributed by atoms with Gasteiger partial charge in [0.2, 0.25) is 0 Å². The van der Waals surface area contributed by atoms with Crippen LogP contribution < -0.4 is 0 Å². The van der Waals surface area contributed by atoms with Crippen LogP contribution in [0, 0.1) is 0 Å². The smallest absolute Gasteiger partial charge is 0.434 e. The van der Waals surface area contributed by atoms with Gasteiger partial charge >= 0.3 is 26.4 Å². The van der Waals surface area contributed by atoms with Crippen LogP contribution in [0.1, 0.15) is 30.1 Å². The average Bonchev–Trinajstić information content (AvgIpc) is 2.46. The monoisotopic (exact) mass is 348 g/mol. The fourth-order valence-electron chi connectivity index (χ4n) is 1.32. The van der Waals surface area contributed by atoms with Crippen LogP contribution in [0.4, 0.5) is 4.79 Å². The van der Waals surface area contributed by atoms with Gasteiger partial charge in [-0.1, -0.05) is 31.5 Å². The summed E-state index contributed by atoms with van der Waals surface area (Å²) >= 11 is 0. The minimum Gasteiger partial charge on any atom is -0.434 e. The highest BCUT2D eigenvalue weighted by Gasteiger charge is 2.29. The quantitative estimate of drug-likeness (QED) is 0.314. The van der Waals surface area contributed by atoms with Crippen molar-refractivity contribution in [3.63, 3.8) is 0 Å². The normalized spacial score (nSPS) is 12.3. The molecule has 1 atom stereocenters. The van der Waals surface area contributed by atoms with E-state index >= 15 is 0 Å². The van der Waals surface area contributed by atoms with E-state index in [-0.39, 0.29) is 12.2 Å². The topological polar surface area (TPSA) is 129 Å². The number of hydrogen-bond donors (Lipinski definition) is 2. The van der Waals surface area contributed by atoms with Gasteiger partial charge in [-0.05, 0) is 18.6 Å². The molecule has 0 radical (unpaired) electrons. The van der Waals surface area contributed by atoms with E-state index < -0.39 is 26.4 Å². The van der Waals surface area contributed by atoms with Crippen LogP contribution in [0.5, 0.6) is 0 Å². The molecule has 0 saturated heterocycles. The van der Waals surface area contributed by atoms with Crippen molar-refractivity contribution in [3.05, 3.63) is 35.9 Å². The molecule has 9 nitrogen and oxygen atoms in total. The van der Waals surface area contributed by atoms with Crippen LogP contribution in [-0.4, -0.2) is 35.0 Å². The number of ether oxygens (including phenoxy) is 3. The standard InChI is InChI=1S/C13H17O9P/c1-2-3-9-19-12(15)21-13(22-23(16,17)18)20-11(14)10-7-5-4-6-8-10/h4-8,13H,2-3,9H2,1H3,(H2,16,17,18). The van der Waals surface area contributed by atoms with E-state index in [0.717, 1.165) is 6.42 Å². The Labute approximate surface area is 132 Å². The lowest BCUT2D eigenvalue weighted by Gasteiger charge is -2.18. The highest BCUT2D eigenvalue weighted by atomic mass is 31.2. The summed E-state index contributed by atoms with van der Waals surface area (Å²) in [5, 5.41) is 0. The third-order valence-corrected chi connectivity index (χ3v) is 2.79. The van der Waals surface area contributed by atoms with Crippen molar-refractivity contribution in [1.82, 2.24) is 0 Å². The lowest BCUT2D eigenvalue weighted by molar-refractivity contribution is -0.201. The first-order chi connectivity index (χ1) is 10.8. The summed E-state index contributed by atoms with van der Waals surface area (Å²) in [6, 6.07) is 7.56. The molecule has 23 heavy (non-hydrogen) atoms. The Morgan fingerprint density at radius 3 is 2.39 bits per heavy atom. The van der Waals surface area contributed by atoms with Crippen molar-refractivity contribution in [2.24, 2.45) is 0 Å². The third kappa shape index (κ3) is 8.32. The summed E-state index contributed by atoms with van der Waals surface area (Å²) in [4.78, 5) is 40.7. The van der Waals surface area contributed by atoms with Gasteiger partial charge in [0.1, 0.15) is 0 Å². The molecular weight excluding hydrogens is 331 g/mol. The minimum atomic E-state index is -5.07. The molecule has 0 aromatic heterocycles. The van der Waals surface area contributed by atoms with E-state index in [9.17, 15) is 14.2 Å². The molecule has 1 rings (SSSR count). The third-order valence-electron chi connectivity index (χ3n) is 2.35. The van der Waals surface area contributed by atoms with E-state index in [1.165, 1.54) is 12.1 Å². The molecule has 0 amide bonds. The molecule has 0 spiro atoms. The maximum Gasteiger partial charge on any atom is 0.513 e. The summed E-state index contributed by atoms with van der Waals surface area (Å²) in [6.07, 6.45) is 0.0551. The largest absolute Gasteiger partial charge is 0.513 e. The lowest BCUT2D eigenvalue weighted by atomic mass is 10.2. The van der Waals surface area contributed by atoms with Gasteiger partial charge in [0.05, 0.1) is 12.2 Å². The SMILES string of the molecule is CCCCOC(=O)OC(OC(=O)c1ccccc1)OP(=O)(O)O. The number of rotatable bonds is 8. The van der Waals surface area contributed by atoms with Crippen molar-refractivity contribution in [2.75, 3.05) is 6.61 Å². The van der Waals surface area contributed by atoms with Crippen LogP contribution in [0.2, 0.25) is 0 Å². The Morgan fingerprint density at radius 1 is 1.17 bits per heavy atom. The first-order valence-corrected chi connectivity index (χ1v) is 8.18. The molecule has 0 aliphatic carbocycles. The van der Waals surface area contributed by atoms with E-state index in [1.54, 1.807) is 18.2 Å². The van der Waals surface area contributed by atoms with E-state index in [2.05, 4.69) is 18.7 Å². The molecule has 0 aliphatic heterocycles. The summed E-state index contributed by atoms with van der Waals surface area (Å²) in [5.41, 5.74) is 0.0785. The average molecular weight is 348 g/mol. The van der Waals surface area contributed by atoms with Gasteiger partial charge in [-0.3, -0.25) is 0 Å². The first-order valence-electron chi connectivity index (χ1n) is 6.65. The molecule has 1 aromatic rings. The van der Waals surface area contributed by atoms with Crippen molar-refractivity contribution in [3.8, 4) is 0 Å². The van der Waals surface area contributed by atoms with Crippen molar-refractivity contribution >= 4 is 19.9 Å². The van der Waals surface area contributed by atoms with Gasteiger partial charge in [0.15, 0.2) is 0 Å². The molecule has 10 heteroatoms. The maximum absolute atomic E-state index is 11.8. The summed E-state index contributed by atoms with van der Waals surface area (Å²) in [6.45, 7) is -0.321. The zero-order valence-corrected chi connectivity index (χ0v) is 13.2. The molecule has 1 aromatic carbocycles. The predicted molar refractivity (Wildman–Crippen MR) is 76.1 cm³/mol. The second-order valence-corrected chi connectivity index (χ2v) is 5.42. The Balaban J connectivity index is 2.67. The second kappa shape index (κ2) is 9.26. The highest BCUT2D eigenvalue weighted by Crippen LogP contribution is 2.38. The number of benzene rings is 1. The van der Waals surface area contributed by atoms with Crippen LogP contribution in [0.25, 0.3) is 0 Å². The highest BCUT2D eigenvalue weighted by molar-refractivity contribution is 7.46. The zero-order valence-electron chi connectivity index (χ0n) is 12.3. The summed E-state index contributed by atoms with van der Waals surface area (Å²) < 4.78 is 28.6. The van der Waals surface area contributed by atoms with Crippen molar-refractivity contribution in [2.45, 2.75) is 26.2 Å². The zero-order chi connectivity index (χ0) is 17.3. The number of hydrogen-bond acceptors (Lipinski definition) is 7. The van der Waals surface area contributed by atoms with Gasteiger partial charge < -0.3 is 24.0 Å². The number of phosphoric ester groups is 1. The van der Waals surface area contributed by atoms with Crippen LogP contribution >= 0.6 is 7.82 Å². The molecule has 2 N–H and O–H groups in total. The number of unbranched alkanes of at least 4 members (excludes halogenated alkanes) is 1. The van der Waals surface area contributed by atoms with Gasteiger partial charge in [-0.15, -0.1) is 0 Å². The first kappa shape index (κ1) is 19.1. The van der Waals surface area contributed by atoms with Gasteiger partial charge in [0, 0.05) is 0 Å². The Kier molecular flexibility index (Phi) is 7.70. The lowest BCUT2D eigenvalue weighted by Crippen LogP contribution is -2.27. The molecular formula is C13H17O9P. The van der Waals surface area contributed by atoms with Gasteiger partial charge in [0.25, 0.3) is 0 Å². The Hall–Kier alpha value is -1.93. The molecule has 128 valence electrons. The summed E-state index contributed by atoms with van der Waals surface area (Å²) in [7, 11) is -5.07. The predicted octanol–water partition coefficient (Wildman–Crippen LogP) is 2.19. The number of carbonyl (C=O) groups is 2. The number of carbonyl (C=O) groups excluding carboxylic acids is 2. The van der Waals surface area contributed by atoms with Gasteiger partial charge in [-0.25, -0.2) is 18.7 Å². The van der Waals surface area contributed by atoms with Crippen molar-refractivity contribution in [1.29, 1.82) is 0 Å². The van der Waals surface area contributed by atoms with Crippen LogP contribution in [-0.2, 0) is 23.3 Å². The van der Waals surface area contributed by atoms with Crippen LogP contribution in [0.15, 0.2) is 30.3 Å². The Morgan fingerprint density at radius 2 is 1.83 bits per heavy atom. The number of phosphoric acid groups is 1. The molecule has 0 heterocycles. The minimum absolute atomic E-state index is 0.0462. The van der Waals surface area contributed by atoms with Crippen molar-refractivity contribution < 1.29 is 42.7 Å². The number of esters is 1. The molecule has 0 fully saturated rings. The summed E-state index contributed by atoms with van der Waals surface area (Å²) in [5.74, 6) is -0.995. The Bertz CT molecular complexity index is 554. The molecule has 0 bridgehead atoms. The molecule has 1 unspecified atom stereocenters. The van der Waals surface area contributed by atoms with E-state index in [0.29, 0.717) is 6.42 Å². The van der Waals surface area contributed by atoms with E-state index in [4.69, 9.17) is 9.79 Å². The maximum atomic E-state index is 11.8. The van der Waals surface area contributed by atoms with E-state index in [1.807, 2.05) is 6.92 Å². The second-order valence-electron chi connectivity index (χ2n) is 4.23.